The van der Waals surface area contributed by atoms with Crippen LogP contribution in [0, 0.1) is 6.92 Å². The number of benzene rings is 1. The third-order valence-electron chi connectivity index (χ3n) is 3.73. The monoisotopic (exact) mass is 359 g/mol. The van der Waals surface area contributed by atoms with E-state index in [-0.39, 0.29) is 18.2 Å². The van der Waals surface area contributed by atoms with Crippen molar-refractivity contribution in [3.8, 4) is 0 Å². The first-order chi connectivity index (χ1) is 12.0. The highest BCUT2D eigenvalue weighted by atomic mass is 32.1. The molecule has 0 spiro atoms. The Morgan fingerprint density at radius 2 is 2.04 bits per heavy atom. The molecule has 1 N–H and O–H groups in total. The summed E-state index contributed by atoms with van der Waals surface area (Å²) >= 11 is 1.23. The highest BCUT2D eigenvalue weighted by Crippen LogP contribution is 2.23. The number of carbonyl (C=O) groups is 1. The number of nitrogens with zero attached hydrogens (tertiary/aromatic N) is 4. The Balaban J connectivity index is 1.79. The summed E-state index contributed by atoms with van der Waals surface area (Å²) < 4.78 is 6.32. The highest BCUT2D eigenvalue weighted by molar-refractivity contribution is 7.15. The van der Waals surface area contributed by atoms with Gasteiger partial charge in [0.1, 0.15) is 17.7 Å². The third kappa shape index (κ3) is 3.57. The topological polar surface area (TPSA) is 99.0 Å². The smallest absolute Gasteiger partial charge is 0.275 e. The molecule has 1 atom stereocenters. The summed E-state index contributed by atoms with van der Waals surface area (Å²) in [5, 5.41) is 17.1. The standard InChI is InChI=1S/C16H17N5O3S/c1-9-11-6-4-5-7-12(11)15(23)21(20-9)8-13(22)17-16-19-18-14(25-16)10(2)24-3/h4-7,10H,8H2,1-3H3,(H,17,19,22). The largest absolute Gasteiger partial charge is 0.374 e. The van der Waals surface area contributed by atoms with E-state index in [0.29, 0.717) is 21.2 Å². The second kappa shape index (κ2) is 7.08. The van der Waals surface area contributed by atoms with Crippen LogP contribution < -0.4 is 10.9 Å². The van der Waals surface area contributed by atoms with Crippen LogP contribution in [-0.2, 0) is 16.1 Å². The van der Waals surface area contributed by atoms with E-state index in [0.717, 1.165) is 10.1 Å². The van der Waals surface area contributed by atoms with Gasteiger partial charge < -0.3 is 4.74 Å². The molecule has 3 aromatic rings. The maximum Gasteiger partial charge on any atom is 0.275 e. The van der Waals surface area contributed by atoms with E-state index in [2.05, 4.69) is 20.6 Å². The van der Waals surface area contributed by atoms with Crippen molar-refractivity contribution in [2.75, 3.05) is 12.4 Å². The number of nitrogens with one attached hydrogen (secondary N) is 1. The van der Waals surface area contributed by atoms with Crippen LogP contribution in [0.4, 0.5) is 5.13 Å². The summed E-state index contributed by atoms with van der Waals surface area (Å²) in [5.74, 6) is -0.392. The van der Waals surface area contributed by atoms with E-state index in [4.69, 9.17) is 4.74 Å². The maximum absolute atomic E-state index is 12.5. The zero-order valence-corrected chi connectivity index (χ0v) is 14.8. The predicted octanol–water partition coefficient (Wildman–Crippen LogP) is 1.90. The molecule has 0 aliphatic heterocycles. The lowest BCUT2D eigenvalue weighted by Crippen LogP contribution is -2.30. The number of fused-ring (bicyclic) bond motifs is 1. The lowest BCUT2D eigenvalue weighted by molar-refractivity contribution is -0.117. The Hall–Kier alpha value is -2.65. The van der Waals surface area contributed by atoms with Crippen molar-refractivity contribution in [1.82, 2.24) is 20.0 Å². The second-order valence-corrected chi connectivity index (χ2v) is 6.47. The predicted molar refractivity (Wildman–Crippen MR) is 94.7 cm³/mol. The van der Waals surface area contributed by atoms with E-state index in [1.165, 1.54) is 11.3 Å². The van der Waals surface area contributed by atoms with E-state index >= 15 is 0 Å². The van der Waals surface area contributed by atoms with Crippen molar-refractivity contribution in [3.05, 3.63) is 45.3 Å². The van der Waals surface area contributed by atoms with Crippen LogP contribution in [0.25, 0.3) is 10.8 Å². The van der Waals surface area contributed by atoms with Gasteiger partial charge in [-0.1, -0.05) is 29.5 Å². The molecule has 1 amide bonds. The molecule has 2 aromatic heterocycles. The minimum absolute atomic E-state index is 0.195. The van der Waals surface area contributed by atoms with Gasteiger partial charge in [-0.3, -0.25) is 14.9 Å². The number of aryl methyl sites for hydroxylation is 1. The number of aromatic nitrogens is 4. The normalized spacial score (nSPS) is 12.3. The molecule has 1 unspecified atom stereocenters. The average molecular weight is 359 g/mol. The van der Waals surface area contributed by atoms with Gasteiger partial charge in [0.05, 0.1) is 11.1 Å². The first-order valence-corrected chi connectivity index (χ1v) is 8.43. The number of hydrogen-bond acceptors (Lipinski definition) is 7. The van der Waals surface area contributed by atoms with Gasteiger partial charge in [0.15, 0.2) is 0 Å². The number of carbonyl (C=O) groups excluding carboxylic acids is 1. The average Bonchev–Trinajstić information content (AvgIpc) is 3.07. The lowest BCUT2D eigenvalue weighted by Gasteiger charge is -2.08. The first-order valence-electron chi connectivity index (χ1n) is 7.62. The summed E-state index contributed by atoms with van der Waals surface area (Å²) in [6.45, 7) is 3.45. The summed E-state index contributed by atoms with van der Waals surface area (Å²) in [6, 6.07) is 7.20. The fourth-order valence-corrected chi connectivity index (χ4v) is 3.15. The molecule has 130 valence electrons. The molecular weight excluding hydrogens is 342 g/mol. The van der Waals surface area contributed by atoms with Crippen LogP contribution in [0.2, 0.25) is 0 Å². The molecule has 0 radical (unpaired) electrons. The van der Waals surface area contributed by atoms with Crippen molar-refractivity contribution < 1.29 is 9.53 Å². The molecule has 2 heterocycles. The molecule has 0 bridgehead atoms. The zero-order chi connectivity index (χ0) is 18.0. The number of methoxy groups -OCH3 is 1. The van der Waals surface area contributed by atoms with Crippen molar-refractivity contribution in [2.45, 2.75) is 26.5 Å². The molecule has 1 aromatic carbocycles. The van der Waals surface area contributed by atoms with Gasteiger partial charge >= 0.3 is 0 Å². The molecule has 0 saturated carbocycles. The number of hydrogen-bond donors (Lipinski definition) is 1. The van der Waals surface area contributed by atoms with Crippen LogP contribution in [0.1, 0.15) is 23.7 Å². The summed E-state index contributed by atoms with van der Waals surface area (Å²) in [4.78, 5) is 24.7. The van der Waals surface area contributed by atoms with Crippen LogP contribution >= 0.6 is 11.3 Å². The number of rotatable bonds is 5. The molecule has 8 nitrogen and oxygen atoms in total. The third-order valence-corrected chi connectivity index (χ3v) is 4.73. The van der Waals surface area contributed by atoms with E-state index in [1.807, 2.05) is 19.1 Å². The van der Waals surface area contributed by atoms with Crippen LogP contribution in [0.15, 0.2) is 29.1 Å². The minimum Gasteiger partial charge on any atom is -0.374 e. The first kappa shape index (κ1) is 17.2. The molecule has 9 heteroatoms. The Kier molecular flexibility index (Phi) is 4.86. The van der Waals surface area contributed by atoms with Crippen LogP contribution in [0.5, 0.6) is 0 Å². The van der Waals surface area contributed by atoms with E-state index in [1.54, 1.807) is 26.2 Å². The van der Waals surface area contributed by atoms with Crippen molar-refractivity contribution in [3.63, 3.8) is 0 Å². The van der Waals surface area contributed by atoms with E-state index < -0.39 is 5.91 Å². The molecule has 0 aliphatic carbocycles. The summed E-state index contributed by atoms with van der Waals surface area (Å²) in [7, 11) is 1.57. The van der Waals surface area contributed by atoms with Gasteiger partial charge in [-0.2, -0.15) is 5.10 Å². The Labute approximate surface area is 147 Å². The van der Waals surface area contributed by atoms with Gasteiger partial charge in [-0.25, -0.2) is 4.68 Å². The minimum atomic E-state index is -0.392. The number of anilines is 1. The van der Waals surface area contributed by atoms with Crippen molar-refractivity contribution in [1.29, 1.82) is 0 Å². The van der Waals surface area contributed by atoms with Gasteiger partial charge in [0.2, 0.25) is 11.0 Å². The fourth-order valence-electron chi connectivity index (χ4n) is 2.36. The molecule has 0 fully saturated rings. The van der Waals surface area contributed by atoms with Crippen molar-refractivity contribution >= 4 is 33.1 Å². The molecule has 3 rings (SSSR count). The van der Waals surface area contributed by atoms with Crippen LogP contribution in [-0.4, -0.2) is 33.0 Å². The molecular formula is C16H17N5O3S. The fraction of sp³-hybridized carbons (Fsp3) is 0.312. The number of amides is 1. The summed E-state index contributed by atoms with van der Waals surface area (Å²) in [5.41, 5.74) is 0.387. The number of ether oxygens (including phenoxy) is 1. The summed E-state index contributed by atoms with van der Waals surface area (Å²) in [6.07, 6.45) is -0.199. The van der Waals surface area contributed by atoms with E-state index in [9.17, 15) is 9.59 Å². The second-order valence-electron chi connectivity index (χ2n) is 5.47. The molecule has 0 saturated heterocycles. The molecule has 0 aliphatic rings. The van der Waals surface area contributed by atoms with Gasteiger partial charge in [-0.05, 0) is 19.9 Å². The molecule has 25 heavy (non-hydrogen) atoms. The van der Waals surface area contributed by atoms with Gasteiger partial charge in [-0.15, -0.1) is 10.2 Å². The Morgan fingerprint density at radius 3 is 2.76 bits per heavy atom. The van der Waals surface area contributed by atoms with Crippen molar-refractivity contribution in [2.24, 2.45) is 0 Å². The zero-order valence-electron chi connectivity index (χ0n) is 14.0. The Bertz CT molecular complexity index is 981. The van der Waals surface area contributed by atoms with Gasteiger partial charge in [0, 0.05) is 12.5 Å². The SMILES string of the molecule is COC(C)c1nnc(NC(=O)Cn2nc(C)c3ccccc3c2=O)s1. The maximum atomic E-state index is 12.5. The highest BCUT2D eigenvalue weighted by Gasteiger charge is 2.15. The lowest BCUT2D eigenvalue weighted by atomic mass is 10.1. The van der Waals surface area contributed by atoms with Gasteiger partial charge in [0.25, 0.3) is 5.56 Å². The van der Waals surface area contributed by atoms with Crippen LogP contribution in [0.3, 0.4) is 0 Å². The quantitative estimate of drug-likeness (QED) is 0.747. The Morgan fingerprint density at radius 1 is 1.32 bits per heavy atom.